The van der Waals surface area contributed by atoms with Crippen LogP contribution in [0.3, 0.4) is 0 Å². The molecule has 1 saturated carbocycles. The van der Waals surface area contributed by atoms with E-state index in [0.717, 1.165) is 16.6 Å². The molecule has 3 atom stereocenters. The van der Waals surface area contributed by atoms with Gasteiger partial charge in [0, 0.05) is 24.7 Å². The fourth-order valence-corrected chi connectivity index (χ4v) is 3.67. The Morgan fingerprint density at radius 2 is 2.14 bits per heavy atom. The molecule has 29 heavy (non-hydrogen) atoms. The Morgan fingerprint density at radius 3 is 2.90 bits per heavy atom. The zero-order valence-electron chi connectivity index (χ0n) is 16.3. The largest absolute Gasteiger partial charge is 0.481 e. The normalized spacial score (nSPS) is 21.0. The number of aliphatic hydroxyl groups is 1. The van der Waals surface area contributed by atoms with E-state index in [1.165, 1.54) is 0 Å². The number of imidazole rings is 1. The summed E-state index contributed by atoms with van der Waals surface area (Å²) in [5.74, 6) is -0.498. The molecule has 1 fully saturated rings. The van der Waals surface area contributed by atoms with Gasteiger partial charge in [-0.15, -0.1) is 0 Å². The van der Waals surface area contributed by atoms with E-state index in [9.17, 15) is 14.7 Å². The number of Topliss-reactive ketones (excluding diaryl/α,β-unsaturated/α-hetero) is 1. The van der Waals surface area contributed by atoms with Gasteiger partial charge in [-0.05, 0) is 31.4 Å². The number of carboxylic acids is 1. The number of aliphatic hydroxyl groups excluding tert-OH is 1. The van der Waals surface area contributed by atoms with Crippen LogP contribution in [0.5, 0.6) is 0 Å². The molecule has 3 rings (SSSR count). The number of aliphatic carboxylic acids is 1. The van der Waals surface area contributed by atoms with Crippen molar-refractivity contribution >= 4 is 22.8 Å². The quantitative estimate of drug-likeness (QED) is 0.439. The molecule has 1 aromatic heterocycles. The van der Waals surface area contributed by atoms with Gasteiger partial charge in [0.05, 0.1) is 11.0 Å². The van der Waals surface area contributed by atoms with Crippen molar-refractivity contribution in [3.8, 4) is 0 Å². The lowest BCUT2D eigenvalue weighted by molar-refractivity contribution is -0.137. The number of aromatic amines is 1. The van der Waals surface area contributed by atoms with Crippen molar-refractivity contribution in [3.05, 3.63) is 66.5 Å². The molecule has 0 unspecified atom stereocenters. The molecule has 3 N–H and O–H groups in total. The van der Waals surface area contributed by atoms with E-state index in [1.807, 2.05) is 42.5 Å². The summed E-state index contributed by atoms with van der Waals surface area (Å²) in [6.07, 6.45) is 8.86. The third kappa shape index (κ3) is 5.29. The van der Waals surface area contributed by atoms with Gasteiger partial charge >= 0.3 is 5.97 Å². The third-order valence-electron chi connectivity index (χ3n) is 5.23. The number of H-pyrrole nitrogens is 1. The highest BCUT2D eigenvalue weighted by molar-refractivity contribution is 5.88. The van der Waals surface area contributed by atoms with Crippen LogP contribution in [0.1, 0.15) is 44.0 Å². The minimum atomic E-state index is -0.891. The molecule has 0 radical (unpaired) electrons. The average molecular weight is 394 g/mol. The molecule has 1 heterocycles. The molecule has 0 saturated heterocycles. The Hall–Kier alpha value is -2.99. The lowest BCUT2D eigenvalue weighted by Gasteiger charge is -2.14. The number of hydrogen-bond donors (Lipinski definition) is 3. The number of carbonyl (C=O) groups excluding carboxylic acids is 1. The number of nitrogens with one attached hydrogen (secondary N) is 1. The fraction of sp³-hybridized carbons (Fsp3) is 0.348. The maximum Gasteiger partial charge on any atom is 0.303 e. The SMILES string of the molecule is C=C1CC(=O)[C@H](C/C=C\CCCC(=O)O)[C@H]1/C=C/[C@@H](O)c1nc2ccccc2[nH]1. The van der Waals surface area contributed by atoms with Gasteiger partial charge in [-0.3, -0.25) is 9.59 Å². The summed E-state index contributed by atoms with van der Waals surface area (Å²) < 4.78 is 0. The van der Waals surface area contributed by atoms with Gasteiger partial charge in [0.1, 0.15) is 17.7 Å². The highest BCUT2D eigenvalue weighted by Crippen LogP contribution is 2.36. The van der Waals surface area contributed by atoms with Crippen LogP contribution in [0.15, 0.2) is 60.7 Å². The van der Waals surface area contributed by atoms with Crippen molar-refractivity contribution in [3.63, 3.8) is 0 Å². The molecule has 1 aromatic carbocycles. The van der Waals surface area contributed by atoms with Crippen LogP contribution < -0.4 is 0 Å². The number of rotatable bonds is 9. The molecule has 152 valence electrons. The molecule has 6 heteroatoms. The van der Waals surface area contributed by atoms with Crippen molar-refractivity contribution in [1.29, 1.82) is 0 Å². The zero-order valence-corrected chi connectivity index (χ0v) is 16.3. The maximum atomic E-state index is 12.3. The van der Waals surface area contributed by atoms with E-state index in [0.29, 0.717) is 31.5 Å². The Balaban J connectivity index is 1.62. The highest BCUT2D eigenvalue weighted by atomic mass is 16.4. The Morgan fingerprint density at radius 1 is 1.34 bits per heavy atom. The highest BCUT2D eigenvalue weighted by Gasteiger charge is 2.35. The Bertz CT molecular complexity index is 924. The summed E-state index contributed by atoms with van der Waals surface area (Å²) in [4.78, 5) is 30.4. The van der Waals surface area contributed by atoms with Crippen LogP contribution in [-0.4, -0.2) is 31.9 Å². The number of aromatic nitrogens is 2. The average Bonchev–Trinajstić information content (AvgIpc) is 3.23. The molecular weight excluding hydrogens is 368 g/mol. The van der Waals surface area contributed by atoms with Crippen LogP contribution in [0, 0.1) is 11.8 Å². The molecule has 0 bridgehead atoms. The van der Waals surface area contributed by atoms with E-state index < -0.39 is 12.1 Å². The van der Waals surface area contributed by atoms with E-state index >= 15 is 0 Å². The number of hydrogen-bond acceptors (Lipinski definition) is 4. The topological polar surface area (TPSA) is 103 Å². The molecule has 2 aromatic rings. The van der Waals surface area contributed by atoms with Crippen LogP contribution in [0.25, 0.3) is 11.0 Å². The Labute approximate surface area is 169 Å². The standard InChI is InChI=1S/C23H26N2O4/c1-15-14-21(27)17(8-4-2-3-5-11-22(28)29)16(15)12-13-20(26)23-24-18-9-6-7-10-19(18)25-23/h2,4,6-7,9-10,12-13,16-17,20,26H,1,3,5,8,11,14H2,(H,24,25)(H,28,29)/b4-2-,13-12+/t16-,17+,20+/m0/s1. The lowest BCUT2D eigenvalue weighted by atomic mass is 9.89. The maximum absolute atomic E-state index is 12.3. The minimum absolute atomic E-state index is 0.120. The van der Waals surface area contributed by atoms with Crippen molar-refractivity contribution in [2.24, 2.45) is 11.8 Å². The molecule has 0 aliphatic heterocycles. The van der Waals surface area contributed by atoms with Gasteiger partial charge in [0.15, 0.2) is 0 Å². The molecule has 1 aliphatic rings. The molecular formula is C23H26N2O4. The number of carbonyl (C=O) groups is 2. The Kier molecular flexibility index (Phi) is 6.77. The molecule has 0 spiro atoms. The third-order valence-corrected chi connectivity index (χ3v) is 5.23. The number of ketones is 1. The van der Waals surface area contributed by atoms with E-state index in [-0.39, 0.29) is 24.0 Å². The predicted molar refractivity (Wildman–Crippen MR) is 111 cm³/mol. The molecule has 6 nitrogen and oxygen atoms in total. The van der Waals surface area contributed by atoms with E-state index in [2.05, 4.69) is 16.5 Å². The summed E-state index contributed by atoms with van der Waals surface area (Å²) in [5.41, 5.74) is 2.51. The number of benzene rings is 1. The van der Waals surface area contributed by atoms with Gasteiger partial charge in [-0.25, -0.2) is 4.98 Å². The van der Waals surface area contributed by atoms with Crippen LogP contribution in [-0.2, 0) is 9.59 Å². The zero-order chi connectivity index (χ0) is 20.8. The van der Waals surface area contributed by atoms with Gasteiger partial charge in [0.2, 0.25) is 0 Å². The fourth-order valence-electron chi connectivity index (χ4n) is 3.67. The molecule has 0 amide bonds. The first-order valence-corrected chi connectivity index (χ1v) is 9.84. The second-order valence-electron chi connectivity index (χ2n) is 7.40. The van der Waals surface area contributed by atoms with Gasteiger partial charge in [-0.2, -0.15) is 0 Å². The second kappa shape index (κ2) is 9.47. The van der Waals surface area contributed by atoms with Crippen molar-refractivity contribution in [2.45, 2.75) is 38.2 Å². The number of para-hydroxylation sites is 2. The van der Waals surface area contributed by atoms with E-state index in [1.54, 1.807) is 6.08 Å². The van der Waals surface area contributed by atoms with Gasteiger partial charge in [0.25, 0.3) is 0 Å². The molecule has 1 aliphatic carbocycles. The number of carboxylic acid groups (broad SMARTS) is 1. The summed E-state index contributed by atoms with van der Waals surface area (Å²) in [7, 11) is 0. The first-order chi connectivity index (χ1) is 14.0. The van der Waals surface area contributed by atoms with Gasteiger partial charge < -0.3 is 15.2 Å². The van der Waals surface area contributed by atoms with Crippen LogP contribution in [0.4, 0.5) is 0 Å². The summed E-state index contributed by atoms with van der Waals surface area (Å²) in [6, 6.07) is 7.57. The lowest BCUT2D eigenvalue weighted by Crippen LogP contribution is -2.13. The second-order valence-corrected chi connectivity index (χ2v) is 7.40. The monoisotopic (exact) mass is 394 g/mol. The van der Waals surface area contributed by atoms with Crippen LogP contribution in [0.2, 0.25) is 0 Å². The van der Waals surface area contributed by atoms with Gasteiger partial charge in [-0.1, -0.05) is 48.6 Å². The predicted octanol–water partition coefficient (Wildman–Crippen LogP) is 4.12. The number of allylic oxidation sites excluding steroid dienone is 4. The van der Waals surface area contributed by atoms with E-state index in [4.69, 9.17) is 5.11 Å². The summed E-state index contributed by atoms with van der Waals surface area (Å²) >= 11 is 0. The number of nitrogens with zero attached hydrogens (tertiary/aromatic N) is 1. The number of unbranched alkanes of at least 4 members (excludes halogenated alkanes) is 1. The summed E-state index contributed by atoms with van der Waals surface area (Å²) in [6.45, 7) is 4.03. The number of fused-ring (bicyclic) bond motifs is 1. The van der Waals surface area contributed by atoms with Crippen molar-refractivity contribution in [1.82, 2.24) is 9.97 Å². The summed E-state index contributed by atoms with van der Waals surface area (Å²) in [5, 5.41) is 19.1. The van der Waals surface area contributed by atoms with Crippen molar-refractivity contribution < 1.29 is 19.8 Å². The van der Waals surface area contributed by atoms with Crippen molar-refractivity contribution in [2.75, 3.05) is 0 Å². The first-order valence-electron chi connectivity index (χ1n) is 9.84. The smallest absolute Gasteiger partial charge is 0.303 e. The van der Waals surface area contributed by atoms with Crippen LogP contribution >= 0.6 is 0 Å². The first kappa shape index (κ1) is 20.7. The minimum Gasteiger partial charge on any atom is -0.481 e.